The normalized spacial score (nSPS) is 27.0. The zero-order chi connectivity index (χ0) is 20.4. The summed E-state index contributed by atoms with van der Waals surface area (Å²) in [6.07, 6.45) is 0.749. The Morgan fingerprint density at radius 2 is 1.89 bits per heavy atom. The number of ether oxygens (including phenoxy) is 3. The molecule has 1 N–H and O–H groups in total. The summed E-state index contributed by atoms with van der Waals surface area (Å²) in [6.45, 7) is 6.64. The summed E-state index contributed by atoms with van der Waals surface area (Å²) < 4.78 is 16.7. The highest BCUT2D eigenvalue weighted by Gasteiger charge is 2.49. The van der Waals surface area contributed by atoms with E-state index in [1.54, 1.807) is 17.0 Å². The summed E-state index contributed by atoms with van der Waals surface area (Å²) >= 11 is 0. The van der Waals surface area contributed by atoms with Crippen molar-refractivity contribution >= 4 is 6.09 Å². The van der Waals surface area contributed by atoms with Crippen molar-refractivity contribution in [1.29, 1.82) is 5.26 Å². The Morgan fingerprint density at radius 1 is 1.29 bits per heavy atom. The molecule has 28 heavy (non-hydrogen) atoms. The molecule has 3 rings (SSSR count). The summed E-state index contributed by atoms with van der Waals surface area (Å²) in [5.74, 6) is 0.664. The highest BCUT2D eigenvalue weighted by Crippen LogP contribution is 2.41. The van der Waals surface area contributed by atoms with Gasteiger partial charge in [0.05, 0.1) is 43.4 Å². The van der Waals surface area contributed by atoms with Crippen LogP contribution < -0.4 is 4.74 Å². The largest absolute Gasteiger partial charge is 0.493 e. The lowest BCUT2D eigenvalue weighted by molar-refractivity contribution is -0.141. The first-order valence-corrected chi connectivity index (χ1v) is 9.63. The van der Waals surface area contributed by atoms with E-state index in [-0.39, 0.29) is 18.2 Å². The van der Waals surface area contributed by atoms with Crippen molar-refractivity contribution < 1.29 is 24.1 Å². The van der Waals surface area contributed by atoms with Crippen LogP contribution in [0.1, 0.15) is 45.6 Å². The highest BCUT2D eigenvalue weighted by atomic mass is 16.6. The number of rotatable bonds is 4. The predicted octanol–water partition coefficient (Wildman–Crippen LogP) is 2.96. The van der Waals surface area contributed by atoms with Crippen LogP contribution in [-0.4, -0.2) is 53.6 Å². The molecule has 2 atom stereocenters. The average molecular weight is 388 g/mol. The van der Waals surface area contributed by atoms with Crippen LogP contribution in [0.2, 0.25) is 0 Å². The van der Waals surface area contributed by atoms with Crippen molar-refractivity contribution in [2.75, 3.05) is 19.8 Å². The quantitative estimate of drug-likeness (QED) is 0.798. The monoisotopic (exact) mass is 388 g/mol. The van der Waals surface area contributed by atoms with E-state index in [0.717, 1.165) is 5.56 Å². The number of hydrogen-bond donors (Lipinski definition) is 1. The molecule has 7 nitrogen and oxygen atoms in total. The molecule has 1 amide bonds. The van der Waals surface area contributed by atoms with E-state index in [9.17, 15) is 9.90 Å². The predicted molar refractivity (Wildman–Crippen MR) is 102 cm³/mol. The minimum Gasteiger partial charge on any atom is -0.493 e. The van der Waals surface area contributed by atoms with Gasteiger partial charge in [0.1, 0.15) is 18.0 Å². The lowest BCUT2D eigenvalue weighted by atomic mass is 9.77. The van der Waals surface area contributed by atoms with Gasteiger partial charge in [-0.1, -0.05) is 12.1 Å². The van der Waals surface area contributed by atoms with Crippen LogP contribution in [0.25, 0.3) is 0 Å². The van der Waals surface area contributed by atoms with E-state index < -0.39 is 11.2 Å². The van der Waals surface area contributed by atoms with Gasteiger partial charge in [0.2, 0.25) is 0 Å². The molecular weight excluding hydrogens is 360 g/mol. The third-order valence-corrected chi connectivity index (χ3v) is 5.03. The standard InChI is InChI=1S/C21H28N2O5/c1-20(2,3)28-19(24)23-16-11-21(25,12-17(23)14-26-13-16)15-5-7-18(8-6-15)27-10-4-9-22/h5-8,16-17,25H,4,10-14H2,1-3H3. The Labute approximate surface area is 165 Å². The molecule has 2 unspecified atom stereocenters. The number of hydrogen-bond acceptors (Lipinski definition) is 6. The number of piperidine rings is 1. The first kappa shape index (κ1) is 20.4. The first-order chi connectivity index (χ1) is 13.2. The molecule has 2 aliphatic heterocycles. The minimum atomic E-state index is -1.04. The number of carbonyl (C=O) groups is 1. The lowest BCUT2D eigenvalue weighted by Crippen LogP contribution is -2.63. The van der Waals surface area contributed by atoms with Gasteiger partial charge < -0.3 is 19.3 Å². The van der Waals surface area contributed by atoms with Crippen molar-refractivity contribution in [2.24, 2.45) is 0 Å². The van der Waals surface area contributed by atoms with E-state index in [0.29, 0.717) is 44.8 Å². The molecule has 152 valence electrons. The molecule has 2 saturated heterocycles. The maximum Gasteiger partial charge on any atom is 0.410 e. The Hall–Kier alpha value is -2.30. The van der Waals surface area contributed by atoms with Gasteiger partial charge in [-0.15, -0.1) is 0 Å². The maximum absolute atomic E-state index is 12.7. The van der Waals surface area contributed by atoms with Crippen molar-refractivity contribution in [3.63, 3.8) is 0 Å². The van der Waals surface area contributed by atoms with Gasteiger partial charge in [-0.05, 0) is 38.5 Å². The summed E-state index contributed by atoms with van der Waals surface area (Å²) in [5, 5.41) is 20.0. The van der Waals surface area contributed by atoms with Crippen LogP contribution >= 0.6 is 0 Å². The second kappa shape index (κ2) is 7.98. The van der Waals surface area contributed by atoms with Crippen LogP contribution in [0.5, 0.6) is 5.75 Å². The van der Waals surface area contributed by atoms with Gasteiger partial charge in [0.15, 0.2) is 0 Å². The van der Waals surface area contributed by atoms with Crippen LogP contribution in [0.3, 0.4) is 0 Å². The zero-order valence-electron chi connectivity index (χ0n) is 16.7. The molecular formula is C21H28N2O5. The average Bonchev–Trinajstić information content (AvgIpc) is 2.60. The molecule has 0 saturated carbocycles. The Kier molecular flexibility index (Phi) is 5.82. The second-order valence-corrected chi connectivity index (χ2v) is 8.45. The Bertz CT molecular complexity index is 721. The molecule has 7 heteroatoms. The third-order valence-electron chi connectivity index (χ3n) is 5.03. The van der Waals surface area contributed by atoms with Crippen LogP contribution in [-0.2, 0) is 15.1 Å². The van der Waals surface area contributed by atoms with Crippen molar-refractivity contribution in [1.82, 2.24) is 4.90 Å². The number of fused-ring (bicyclic) bond motifs is 2. The van der Waals surface area contributed by atoms with Crippen molar-refractivity contribution in [2.45, 2.75) is 63.3 Å². The van der Waals surface area contributed by atoms with Gasteiger partial charge in [-0.3, -0.25) is 4.90 Å². The number of aliphatic hydroxyl groups is 1. The molecule has 2 fully saturated rings. The zero-order valence-corrected chi connectivity index (χ0v) is 16.7. The number of nitrogens with zero attached hydrogens (tertiary/aromatic N) is 2. The van der Waals surface area contributed by atoms with E-state index in [4.69, 9.17) is 19.5 Å². The number of carbonyl (C=O) groups excluding carboxylic acids is 1. The Balaban J connectivity index is 1.73. The number of morpholine rings is 1. The fourth-order valence-electron chi connectivity index (χ4n) is 3.90. The molecule has 0 aromatic heterocycles. The summed E-state index contributed by atoms with van der Waals surface area (Å²) in [7, 11) is 0. The molecule has 0 spiro atoms. The van der Waals surface area contributed by atoms with Crippen LogP contribution in [0.15, 0.2) is 24.3 Å². The first-order valence-electron chi connectivity index (χ1n) is 9.63. The van der Waals surface area contributed by atoms with Crippen molar-refractivity contribution in [3.05, 3.63) is 29.8 Å². The fourth-order valence-corrected chi connectivity index (χ4v) is 3.90. The number of nitriles is 1. The fraction of sp³-hybridized carbons (Fsp3) is 0.619. The summed E-state index contributed by atoms with van der Waals surface area (Å²) in [5.41, 5.74) is -0.814. The minimum absolute atomic E-state index is 0.237. The Morgan fingerprint density at radius 3 is 2.43 bits per heavy atom. The van der Waals surface area contributed by atoms with E-state index in [1.165, 1.54) is 0 Å². The van der Waals surface area contributed by atoms with Crippen molar-refractivity contribution in [3.8, 4) is 11.8 Å². The molecule has 0 radical (unpaired) electrons. The number of benzene rings is 1. The van der Waals surface area contributed by atoms with Crippen LogP contribution in [0.4, 0.5) is 4.79 Å². The third kappa shape index (κ3) is 4.57. The lowest BCUT2D eigenvalue weighted by Gasteiger charge is -2.51. The second-order valence-electron chi connectivity index (χ2n) is 8.45. The van der Waals surface area contributed by atoms with Gasteiger partial charge in [0.25, 0.3) is 0 Å². The summed E-state index contributed by atoms with van der Waals surface area (Å²) in [6, 6.07) is 8.87. The SMILES string of the molecule is CC(C)(C)OC(=O)N1C2COCC1CC(O)(c1ccc(OCCC#N)cc1)C2. The molecule has 2 aliphatic rings. The smallest absolute Gasteiger partial charge is 0.410 e. The molecule has 1 aromatic carbocycles. The van der Waals surface area contributed by atoms with E-state index >= 15 is 0 Å². The molecule has 1 aromatic rings. The molecule has 0 aliphatic carbocycles. The summed E-state index contributed by atoms with van der Waals surface area (Å²) in [4.78, 5) is 14.4. The van der Waals surface area contributed by atoms with E-state index in [1.807, 2.05) is 39.0 Å². The topological polar surface area (TPSA) is 92.0 Å². The van der Waals surface area contributed by atoms with Gasteiger partial charge >= 0.3 is 6.09 Å². The highest BCUT2D eigenvalue weighted by molar-refractivity contribution is 5.69. The van der Waals surface area contributed by atoms with Gasteiger partial charge in [-0.25, -0.2) is 4.79 Å². The van der Waals surface area contributed by atoms with Crippen LogP contribution in [0, 0.1) is 11.3 Å². The van der Waals surface area contributed by atoms with Gasteiger partial charge in [-0.2, -0.15) is 5.26 Å². The molecule has 2 heterocycles. The maximum atomic E-state index is 12.7. The number of amides is 1. The van der Waals surface area contributed by atoms with E-state index in [2.05, 4.69) is 0 Å². The van der Waals surface area contributed by atoms with Gasteiger partial charge in [0, 0.05) is 12.8 Å². The molecule has 2 bridgehead atoms.